The van der Waals surface area contributed by atoms with Gasteiger partial charge in [0.25, 0.3) is 0 Å². The molecule has 0 aliphatic heterocycles. The molecule has 6 rings (SSSR count). The molecule has 0 amide bonds. The molecular weight excluding hydrogens is 1000 g/mol. The summed E-state index contributed by atoms with van der Waals surface area (Å²) in [4.78, 5) is 78.1. The second-order valence-electron chi connectivity index (χ2n) is 17.4. The monoisotopic (exact) mass is 1050 g/mol. The Morgan fingerprint density at radius 1 is 0.342 bits per heavy atom. The predicted octanol–water partition coefficient (Wildman–Crippen LogP) is 14.1. The van der Waals surface area contributed by atoms with Gasteiger partial charge in [-0.15, -0.1) is 23.5 Å². The van der Waals surface area contributed by atoms with Crippen LogP contribution in [0.3, 0.4) is 0 Å². The van der Waals surface area contributed by atoms with Gasteiger partial charge >= 0.3 is 35.8 Å². The fraction of sp³-hybridized carbons (Fsp3) is 0.129. The third kappa shape index (κ3) is 14.5. The number of ether oxygens (including phenoxy) is 6. The summed E-state index contributed by atoms with van der Waals surface area (Å²) >= 11 is 3.02. The van der Waals surface area contributed by atoms with E-state index in [0.717, 1.165) is 43.2 Å². The molecule has 0 saturated carbocycles. The molecule has 6 aromatic rings. The van der Waals surface area contributed by atoms with Gasteiger partial charge in [0.1, 0.15) is 23.0 Å². The lowest BCUT2D eigenvalue weighted by Crippen LogP contribution is -2.13. The van der Waals surface area contributed by atoms with E-state index in [1.165, 1.54) is 69.4 Å². The van der Waals surface area contributed by atoms with Crippen LogP contribution in [0.15, 0.2) is 203 Å². The summed E-state index contributed by atoms with van der Waals surface area (Å²) in [6, 6.07) is 35.5. The van der Waals surface area contributed by atoms with Gasteiger partial charge in [0.15, 0.2) is 11.5 Å². The smallest absolute Gasteiger partial charge is 0.339 e. The molecule has 76 heavy (non-hydrogen) atoms. The Hall–Kier alpha value is -8.72. The van der Waals surface area contributed by atoms with Crippen molar-refractivity contribution in [1.82, 2.24) is 0 Å². The van der Waals surface area contributed by atoms with Crippen molar-refractivity contribution in [2.24, 2.45) is 0 Å². The molecule has 0 radical (unpaired) electrons. The van der Waals surface area contributed by atoms with Crippen molar-refractivity contribution >= 4 is 59.3 Å². The van der Waals surface area contributed by atoms with Crippen molar-refractivity contribution in [2.45, 2.75) is 51.3 Å². The summed E-state index contributed by atoms with van der Waals surface area (Å²) < 4.78 is 33.5. The van der Waals surface area contributed by atoms with Crippen molar-refractivity contribution in [3.8, 4) is 79.0 Å². The van der Waals surface area contributed by atoms with E-state index >= 15 is 0 Å². The van der Waals surface area contributed by atoms with Crippen LogP contribution in [0.1, 0.15) is 41.5 Å². The number of benzene rings is 6. The number of thioether (sulfide) groups is 2. The highest BCUT2D eigenvalue weighted by Crippen LogP contribution is 2.41. The first-order valence-electron chi connectivity index (χ1n) is 23.3. The Labute approximate surface area is 450 Å². The minimum atomic E-state index is -0.758. The Kier molecular flexibility index (Phi) is 19.0. The van der Waals surface area contributed by atoms with Gasteiger partial charge in [-0.3, -0.25) is 0 Å². The summed E-state index contributed by atoms with van der Waals surface area (Å²) in [6.07, 6.45) is 6.75. The maximum Gasteiger partial charge on any atom is 0.339 e. The van der Waals surface area contributed by atoms with E-state index in [2.05, 4.69) is 26.3 Å². The van der Waals surface area contributed by atoms with E-state index < -0.39 is 35.8 Å². The molecule has 0 aliphatic rings. The standard InChI is InChI=1S/C62H54O12S2/c1-35(2)57(63)69-46-22-15-41(16-23-46)43-19-27-51(55(32-43)75-11)44-21-30-52(54(31-44)74-60(66)38(7)8)72-62(68)40(10)14-13-39(9)61(67)70-47-24-17-42(18-25-47)50-28-20-45(33-56(50)76-12)49-29-26-48(71-58(64)36(3)4)34-53(49)73-59(65)37(5)6/h13-34H,1,3,5,7H2,2,4,6,8-12H3/b39-13+,40-14+. The fourth-order valence-corrected chi connectivity index (χ4v) is 8.17. The number of hydrogen-bond donors (Lipinski definition) is 0. The summed E-state index contributed by atoms with van der Waals surface area (Å²) in [5, 5.41) is 0. The van der Waals surface area contributed by atoms with Crippen molar-refractivity contribution in [3.63, 3.8) is 0 Å². The number of carbonyl (C=O) groups excluding carboxylic acids is 6. The number of hydrogen-bond acceptors (Lipinski definition) is 14. The quantitative estimate of drug-likeness (QED) is 0.0248. The lowest BCUT2D eigenvalue weighted by molar-refractivity contribution is -0.132. The van der Waals surface area contributed by atoms with Crippen LogP contribution in [0.2, 0.25) is 0 Å². The van der Waals surface area contributed by atoms with Gasteiger partial charge in [0.05, 0.1) is 0 Å². The zero-order valence-corrected chi connectivity index (χ0v) is 44.9. The molecule has 0 aliphatic carbocycles. The van der Waals surface area contributed by atoms with E-state index in [-0.39, 0.29) is 56.6 Å². The summed E-state index contributed by atoms with van der Waals surface area (Å²) in [7, 11) is 0. The van der Waals surface area contributed by atoms with E-state index in [0.29, 0.717) is 22.4 Å². The number of esters is 6. The average molecular weight is 1060 g/mol. The van der Waals surface area contributed by atoms with Crippen LogP contribution in [0.5, 0.6) is 34.5 Å². The maximum atomic E-state index is 13.4. The lowest BCUT2D eigenvalue weighted by Gasteiger charge is -2.15. The van der Waals surface area contributed by atoms with Crippen molar-refractivity contribution in [1.29, 1.82) is 0 Å². The second kappa shape index (κ2) is 25.5. The van der Waals surface area contributed by atoms with Gasteiger partial charge in [-0.1, -0.05) is 93.1 Å². The molecule has 0 atom stereocenters. The van der Waals surface area contributed by atoms with Crippen LogP contribution in [-0.2, 0) is 28.8 Å². The molecule has 0 bridgehead atoms. The van der Waals surface area contributed by atoms with Gasteiger partial charge in [-0.25, -0.2) is 28.8 Å². The normalized spacial score (nSPS) is 11.2. The van der Waals surface area contributed by atoms with Crippen LogP contribution in [0.25, 0.3) is 44.5 Å². The van der Waals surface area contributed by atoms with Crippen LogP contribution >= 0.6 is 23.5 Å². The molecule has 0 fully saturated rings. The molecule has 0 N–H and O–H groups in total. The third-order valence-electron chi connectivity index (χ3n) is 11.1. The number of allylic oxidation sites excluding steroid dienone is 2. The van der Waals surface area contributed by atoms with Crippen molar-refractivity contribution in [3.05, 3.63) is 193 Å². The maximum absolute atomic E-state index is 13.4. The van der Waals surface area contributed by atoms with Crippen LogP contribution in [0, 0.1) is 0 Å². The molecule has 0 aromatic heterocycles. The molecule has 0 saturated heterocycles. The highest BCUT2D eigenvalue weighted by Gasteiger charge is 2.20. The molecule has 12 nitrogen and oxygen atoms in total. The van der Waals surface area contributed by atoms with Crippen molar-refractivity contribution in [2.75, 3.05) is 12.5 Å². The first-order chi connectivity index (χ1) is 36.1. The summed E-state index contributed by atoms with van der Waals surface area (Å²) in [5.41, 5.74) is 7.56. The first kappa shape index (κ1) is 56.6. The van der Waals surface area contributed by atoms with Crippen LogP contribution in [-0.4, -0.2) is 48.3 Å². The Morgan fingerprint density at radius 3 is 1.22 bits per heavy atom. The van der Waals surface area contributed by atoms with E-state index in [9.17, 15) is 28.8 Å². The van der Waals surface area contributed by atoms with Crippen molar-refractivity contribution < 1.29 is 57.2 Å². The first-order valence-corrected chi connectivity index (χ1v) is 25.8. The average Bonchev–Trinajstić information content (AvgIpc) is 3.40. The highest BCUT2D eigenvalue weighted by atomic mass is 32.2. The molecular formula is C62H54O12S2. The van der Waals surface area contributed by atoms with E-state index in [1.807, 2.05) is 73.2 Å². The zero-order valence-electron chi connectivity index (χ0n) is 43.2. The largest absolute Gasteiger partial charge is 0.423 e. The Balaban J connectivity index is 1.14. The predicted molar refractivity (Wildman–Crippen MR) is 299 cm³/mol. The lowest BCUT2D eigenvalue weighted by atomic mass is 9.99. The molecule has 6 aromatic carbocycles. The SMILES string of the molecule is C=C(C)C(=O)Oc1ccc(-c2ccc(-c3ccc(OC(=O)/C(C)=C/C=C(\C)C(=O)Oc4ccc(-c5ccc(-c6ccc(OC(=O)C(=C)C)cc6OC(=O)C(=C)C)cc5SC)cc4)c(OC(=O)C(=C)C)c3)c(SC)c2)cc1. The topological polar surface area (TPSA) is 158 Å². The minimum Gasteiger partial charge on any atom is -0.423 e. The second-order valence-corrected chi connectivity index (χ2v) is 19.1. The van der Waals surface area contributed by atoms with E-state index in [1.54, 1.807) is 68.4 Å². The summed E-state index contributed by atoms with van der Waals surface area (Å²) in [6.45, 7) is 23.8. The highest BCUT2D eigenvalue weighted by molar-refractivity contribution is 7.99. The Morgan fingerprint density at radius 2 is 0.697 bits per heavy atom. The number of carbonyl (C=O) groups is 6. The molecule has 386 valence electrons. The van der Waals surface area contributed by atoms with Crippen LogP contribution in [0.4, 0.5) is 0 Å². The molecule has 0 heterocycles. The molecule has 0 unspecified atom stereocenters. The Bertz CT molecular complexity index is 3410. The van der Waals surface area contributed by atoms with Crippen LogP contribution < -0.4 is 28.4 Å². The zero-order chi connectivity index (χ0) is 55.4. The minimum absolute atomic E-state index is 0.00427. The van der Waals surface area contributed by atoms with Gasteiger partial charge < -0.3 is 28.4 Å². The van der Waals surface area contributed by atoms with Gasteiger partial charge in [0, 0.05) is 54.9 Å². The van der Waals surface area contributed by atoms with Gasteiger partial charge in [0.2, 0.25) is 0 Å². The molecule has 14 heteroatoms. The van der Waals surface area contributed by atoms with Gasteiger partial charge in [-0.2, -0.15) is 0 Å². The fourth-order valence-electron chi connectivity index (χ4n) is 6.87. The van der Waals surface area contributed by atoms with E-state index in [4.69, 9.17) is 28.4 Å². The molecule has 0 spiro atoms. The third-order valence-corrected chi connectivity index (χ3v) is 12.7. The van der Waals surface area contributed by atoms with Gasteiger partial charge in [-0.05, 0) is 154 Å². The summed E-state index contributed by atoms with van der Waals surface area (Å²) in [5.74, 6) is -2.85. The number of rotatable bonds is 19.